The van der Waals surface area contributed by atoms with Crippen molar-refractivity contribution in [3.63, 3.8) is 0 Å². The molecule has 236 valence electrons. The van der Waals surface area contributed by atoms with Crippen LogP contribution < -0.4 is 15.8 Å². The molecule has 0 unspecified atom stereocenters. The molecule has 1 aliphatic carbocycles. The molecule has 3 fully saturated rings. The molecule has 6 rings (SSSR count). The first-order valence-corrected chi connectivity index (χ1v) is 14.4. The molecule has 1 spiro atoms. The van der Waals surface area contributed by atoms with Gasteiger partial charge in [-0.25, -0.2) is 18.9 Å². The number of hydrogen-bond acceptors (Lipinski definition) is 8. The molecule has 2 aliphatic heterocycles. The summed E-state index contributed by atoms with van der Waals surface area (Å²) in [6.07, 6.45) is 0.0374. The van der Waals surface area contributed by atoms with E-state index in [1.165, 1.54) is 45.0 Å². The van der Waals surface area contributed by atoms with E-state index in [1.54, 1.807) is 4.52 Å². The third-order valence-electron chi connectivity index (χ3n) is 9.27. The summed E-state index contributed by atoms with van der Waals surface area (Å²) in [5.41, 5.74) is 6.66. The van der Waals surface area contributed by atoms with Gasteiger partial charge in [0.25, 0.3) is 5.91 Å². The van der Waals surface area contributed by atoms with Crippen LogP contribution in [-0.2, 0) is 11.3 Å². The predicted molar refractivity (Wildman–Crippen MR) is 151 cm³/mol. The maximum Gasteiger partial charge on any atom is 0.402 e. The van der Waals surface area contributed by atoms with Crippen LogP contribution in [0.15, 0.2) is 24.7 Å². The number of nitrogens with one attached hydrogen (secondary N) is 1. The van der Waals surface area contributed by atoms with E-state index in [2.05, 4.69) is 25.3 Å². The molecular weight excluding hydrogens is 584 g/mol. The number of nitrogen functional groups attached to an aromatic ring is 1. The van der Waals surface area contributed by atoms with Crippen molar-refractivity contribution in [3.05, 3.63) is 35.8 Å². The highest BCUT2D eigenvalue weighted by Gasteiger charge is 2.56. The zero-order valence-electron chi connectivity index (χ0n) is 24.6. The van der Waals surface area contributed by atoms with E-state index in [4.69, 9.17) is 10.5 Å². The number of ether oxygens (including phenoxy) is 1. The number of methoxy groups -OCH3 is 1. The molecule has 1 saturated carbocycles. The Bertz CT molecular complexity index is 1610. The van der Waals surface area contributed by atoms with Crippen LogP contribution in [0.1, 0.15) is 49.0 Å². The maximum atomic E-state index is 14.9. The van der Waals surface area contributed by atoms with Crippen molar-refractivity contribution in [3.8, 4) is 17.1 Å². The molecule has 0 bridgehead atoms. The minimum absolute atomic E-state index is 0.0224. The number of fused-ring (bicyclic) bond motifs is 1. The Morgan fingerprint density at radius 3 is 2.52 bits per heavy atom. The van der Waals surface area contributed by atoms with Gasteiger partial charge in [0.1, 0.15) is 29.0 Å². The van der Waals surface area contributed by atoms with Crippen LogP contribution in [0.4, 0.5) is 23.4 Å². The van der Waals surface area contributed by atoms with Gasteiger partial charge in [-0.1, -0.05) is 6.42 Å². The first kappa shape index (κ1) is 30.0. The fraction of sp³-hybridized carbons (Fsp3) is 0.552. The lowest BCUT2D eigenvalue weighted by atomic mass is 9.63. The molecule has 15 heteroatoms. The Balaban J connectivity index is 1.24. The van der Waals surface area contributed by atoms with Crippen LogP contribution >= 0.6 is 0 Å². The van der Waals surface area contributed by atoms with Gasteiger partial charge in [0.2, 0.25) is 11.8 Å². The molecular formula is C29H34F4N8O3. The van der Waals surface area contributed by atoms with E-state index >= 15 is 0 Å². The second-order valence-electron chi connectivity index (χ2n) is 12.7. The fourth-order valence-corrected chi connectivity index (χ4v) is 6.47. The summed E-state index contributed by atoms with van der Waals surface area (Å²) in [4.78, 5) is 37.6. The predicted octanol–water partition coefficient (Wildman–Crippen LogP) is 3.24. The average molecular weight is 619 g/mol. The van der Waals surface area contributed by atoms with Crippen LogP contribution in [0.5, 0.6) is 5.88 Å². The lowest BCUT2D eigenvalue weighted by Gasteiger charge is -2.56. The molecule has 11 nitrogen and oxygen atoms in total. The van der Waals surface area contributed by atoms with Crippen LogP contribution in [0.3, 0.4) is 0 Å². The summed E-state index contributed by atoms with van der Waals surface area (Å²) in [6, 6.07) is 2.22. The second kappa shape index (κ2) is 10.6. The van der Waals surface area contributed by atoms with Gasteiger partial charge < -0.3 is 20.7 Å². The highest BCUT2D eigenvalue weighted by atomic mass is 19.4. The van der Waals surface area contributed by atoms with Crippen molar-refractivity contribution in [2.24, 2.45) is 10.8 Å². The minimum atomic E-state index is -4.82. The zero-order chi connectivity index (χ0) is 31.6. The quantitative estimate of drug-likeness (QED) is 0.386. The standard InChI is InChI=1S/C29H34F4N8O3/c1-27(2,29(31,32)33)26(43)40-11-19(30)20(12-40)38-24(42)18-7-16(9-35-25(18)44-3)21-8-17(22-23(34)36-15-37-41(21)22)10-39-13-28(14-39)5-4-6-28/h7-9,15,19-20H,4-6,10-14H2,1-3H3,(H,38,42)(H2,34,36,37)/t19-,20+/m0/s1. The number of carbonyl (C=O) groups is 2. The molecule has 2 amide bonds. The number of pyridine rings is 1. The number of aromatic nitrogens is 4. The number of alkyl halides is 4. The van der Waals surface area contributed by atoms with Gasteiger partial charge >= 0.3 is 6.18 Å². The lowest BCUT2D eigenvalue weighted by Crippen LogP contribution is -2.58. The fourth-order valence-electron chi connectivity index (χ4n) is 6.47. The highest BCUT2D eigenvalue weighted by Crippen LogP contribution is 2.49. The average Bonchev–Trinajstić information content (AvgIpc) is 3.48. The maximum absolute atomic E-state index is 14.9. The van der Waals surface area contributed by atoms with Crippen molar-refractivity contribution >= 4 is 23.1 Å². The number of amides is 2. The number of anilines is 1. The Kier molecular flexibility index (Phi) is 7.21. The Hall–Kier alpha value is -4.01. The summed E-state index contributed by atoms with van der Waals surface area (Å²) in [7, 11) is 1.33. The number of hydrogen-bond donors (Lipinski definition) is 2. The van der Waals surface area contributed by atoms with Crippen LogP contribution in [0, 0.1) is 10.8 Å². The summed E-state index contributed by atoms with van der Waals surface area (Å²) >= 11 is 0. The largest absolute Gasteiger partial charge is 0.480 e. The van der Waals surface area contributed by atoms with Crippen LogP contribution in [0.2, 0.25) is 0 Å². The van der Waals surface area contributed by atoms with Gasteiger partial charge in [-0.2, -0.15) is 18.3 Å². The monoisotopic (exact) mass is 618 g/mol. The lowest BCUT2D eigenvalue weighted by molar-refractivity contribution is -0.216. The van der Waals surface area contributed by atoms with Gasteiger partial charge in [-0.05, 0) is 49.8 Å². The molecule has 3 aromatic rings. The zero-order valence-corrected chi connectivity index (χ0v) is 24.6. The van der Waals surface area contributed by atoms with Crippen LogP contribution in [0.25, 0.3) is 16.8 Å². The Morgan fingerprint density at radius 1 is 1.16 bits per heavy atom. The molecule has 2 saturated heterocycles. The molecule has 3 aromatic heterocycles. The normalized spacial score (nSPS) is 21.8. The number of rotatable bonds is 7. The number of halogens is 4. The van der Waals surface area contributed by atoms with Crippen LogP contribution in [-0.4, -0.2) is 92.9 Å². The van der Waals surface area contributed by atoms with Crippen molar-refractivity contribution in [1.29, 1.82) is 0 Å². The number of nitrogens with zero attached hydrogens (tertiary/aromatic N) is 6. The van der Waals surface area contributed by atoms with Crippen molar-refractivity contribution in [1.82, 2.24) is 34.7 Å². The summed E-state index contributed by atoms with van der Waals surface area (Å²) < 4.78 is 62.2. The highest BCUT2D eigenvalue weighted by molar-refractivity contribution is 5.98. The summed E-state index contributed by atoms with van der Waals surface area (Å²) in [5.74, 6) is -1.74. The molecule has 3 aliphatic rings. The SMILES string of the molecule is COc1ncc(-c2cc(CN3CC4(CCC4)C3)c3c(N)ncnn23)cc1C(=O)N[C@@H]1CN(C(=O)C(C)(C)C(F)(F)F)C[C@@H]1F. The van der Waals surface area contributed by atoms with E-state index in [0.717, 1.165) is 37.4 Å². The first-order valence-electron chi connectivity index (χ1n) is 14.4. The first-order chi connectivity index (χ1) is 20.7. The van der Waals surface area contributed by atoms with Gasteiger partial charge in [0.05, 0.1) is 25.4 Å². The van der Waals surface area contributed by atoms with Crippen molar-refractivity contribution < 1.29 is 31.9 Å². The Morgan fingerprint density at radius 2 is 1.89 bits per heavy atom. The van der Waals surface area contributed by atoms with Gasteiger partial charge in [-0.15, -0.1) is 0 Å². The molecule has 2 atom stereocenters. The second-order valence-corrected chi connectivity index (χ2v) is 12.7. The van der Waals surface area contributed by atoms with Gasteiger partial charge in [0.15, 0.2) is 5.82 Å². The third-order valence-corrected chi connectivity index (χ3v) is 9.27. The van der Waals surface area contributed by atoms with Crippen molar-refractivity contribution in [2.45, 2.75) is 58.0 Å². The van der Waals surface area contributed by atoms with E-state index in [9.17, 15) is 27.2 Å². The Labute approximate surface area is 250 Å². The molecule has 0 aromatic carbocycles. The summed E-state index contributed by atoms with van der Waals surface area (Å²) in [5, 5.41) is 6.92. The number of carbonyl (C=O) groups excluding carboxylic acids is 2. The van der Waals surface area contributed by atoms with E-state index in [0.29, 0.717) is 34.6 Å². The van der Waals surface area contributed by atoms with E-state index < -0.39 is 48.7 Å². The van der Waals surface area contributed by atoms with E-state index in [-0.39, 0.29) is 11.4 Å². The molecule has 44 heavy (non-hydrogen) atoms. The van der Waals surface area contributed by atoms with Gasteiger partial charge in [-0.3, -0.25) is 14.5 Å². The van der Waals surface area contributed by atoms with Crippen molar-refractivity contribution in [2.75, 3.05) is 39.0 Å². The van der Waals surface area contributed by atoms with E-state index in [1.807, 2.05) is 6.07 Å². The third kappa shape index (κ3) is 5.00. The molecule has 3 N–H and O–H groups in total. The smallest absolute Gasteiger partial charge is 0.402 e. The topological polar surface area (TPSA) is 131 Å². The molecule has 0 radical (unpaired) electrons. The summed E-state index contributed by atoms with van der Waals surface area (Å²) in [6.45, 7) is 3.21. The minimum Gasteiger partial charge on any atom is -0.480 e. The molecule has 5 heterocycles. The number of likely N-dealkylation sites (tertiary alicyclic amines) is 2. The number of nitrogens with two attached hydrogens (primary N) is 1. The van der Waals surface area contributed by atoms with Gasteiger partial charge in [0, 0.05) is 37.9 Å².